The van der Waals surface area contributed by atoms with Crippen LogP contribution in [-0.2, 0) is 0 Å². The van der Waals surface area contributed by atoms with Crippen LogP contribution in [0.5, 0.6) is 0 Å². The van der Waals surface area contributed by atoms with Gasteiger partial charge in [0.05, 0.1) is 0 Å². The van der Waals surface area contributed by atoms with Gasteiger partial charge < -0.3 is 5.73 Å². The molecule has 0 saturated heterocycles. The van der Waals surface area contributed by atoms with E-state index in [0.29, 0.717) is 0 Å². The molecule has 0 atom stereocenters. The van der Waals surface area contributed by atoms with E-state index in [-0.39, 0.29) is 7.43 Å². The van der Waals surface area contributed by atoms with Gasteiger partial charge in [-0.1, -0.05) is 14.4 Å². The average Bonchev–Trinajstić information content (AvgIpc) is 0.918. The summed E-state index contributed by atoms with van der Waals surface area (Å²) in [5.74, 6) is 0. The van der Waals surface area contributed by atoms with Gasteiger partial charge in [-0.25, -0.2) is 0 Å². The lowest BCUT2D eigenvalue weighted by atomic mass is 10.8. The highest BCUT2D eigenvalue weighted by Gasteiger charge is 1.32. The molecule has 4 heavy (non-hydrogen) atoms. The summed E-state index contributed by atoms with van der Waals surface area (Å²) in [6.45, 7) is 2.65. The average molecular weight is 60.1 g/mol. The molecule has 0 amide bonds. The smallest absolute Gasteiger partial charge is 0.0106 e. The summed E-state index contributed by atoms with van der Waals surface area (Å²) < 4.78 is 0. The third-order valence-corrected chi connectivity index (χ3v) is 0. The molecule has 2 N–H and O–H groups in total. The van der Waals surface area contributed by atoms with E-state index >= 15 is 0 Å². The van der Waals surface area contributed by atoms with Crippen LogP contribution in [0.15, 0.2) is 0 Å². The molecule has 0 aromatic heterocycles. The van der Waals surface area contributed by atoms with E-state index in [9.17, 15) is 0 Å². The van der Waals surface area contributed by atoms with Crippen molar-refractivity contribution in [2.75, 3.05) is 6.54 Å². The largest absolute Gasteiger partial charge is 0.331 e. The van der Waals surface area contributed by atoms with Gasteiger partial charge in [0.25, 0.3) is 0 Å². The lowest BCUT2D eigenvalue weighted by Crippen LogP contribution is -1.87. The molecule has 1 heteroatoms. The van der Waals surface area contributed by atoms with Crippen molar-refractivity contribution in [3.63, 3.8) is 0 Å². The summed E-state index contributed by atoms with van der Waals surface area (Å²) in [4.78, 5) is 0. The van der Waals surface area contributed by atoms with E-state index in [1.54, 1.807) is 0 Å². The lowest BCUT2D eigenvalue weighted by molar-refractivity contribution is 1.14. The quantitative estimate of drug-likeness (QED) is 0.430. The summed E-state index contributed by atoms with van der Waals surface area (Å²) in [6, 6.07) is 0. The summed E-state index contributed by atoms with van der Waals surface area (Å²) in [5.41, 5.74) is 4.85. The maximum absolute atomic E-state index is 4.85. The normalized spacial score (nSPS) is 4.50. The fourth-order valence-corrected chi connectivity index (χ4v) is 0. The number of hydrogen-bond donors (Lipinski definition) is 1. The molecule has 1 nitrogen and oxygen atoms in total. The molecule has 0 aliphatic heterocycles. The molecular weight excluding hydrogens is 50.0 g/mol. The van der Waals surface area contributed by atoms with Gasteiger partial charge in [0.15, 0.2) is 0 Å². The van der Waals surface area contributed by atoms with Crippen LogP contribution in [0.2, 0.25) is 0 Å². The third-order valence-electron chi connectivity index (χ3n) is 0. The predicted molar refractivity (Wildman–Crippen MR) is 21.1 cm³/mol. The highest BCUT2D eigenvalue weighted by Crippen LogP contribution is 1.20. The van der Waals surface area contributed by atoms with Gasteiger partial charge in [-0.15, -0.1) is 0 Å². The third kappa shape index (κ3) is 1130. The first-order valence-corrected chi connectivity index (χ1v) is 1.12. The summed E-state index contributed by atoms with van der Waals surface area (Å²) in [5, 5.41) is 0. The van der Waals surface area contributed by atoms with Gasteiger partial charge in [0, 0.05) is 0 Å². The zero-order chi connectivity index (χ0) is 2.71. The second-order valence-corrected chi connectivity index (χ2v) is 0.408. The van der Waals surface area contributed by atoms with Crippen LogP contribution in [0, 0.1) is 7.43 Å². The Bertz CT molecular complexity index is 3.25. The van der Waals surface area contributed by atoms with Gasteiger partial charge >= 0.3 is 0 Å². The summed E-state index contributed by atoms with van der Waals surface area (Å²) in [6.07, 6.45) is 0. The minimum Gasteiger partial charge on any atom is -0.331 e. The first-order valence-electron chi connectivity index (χ1n) is 1.12. The van der Waals surface area contributed by atoms with Crippen molar-refractivity contribution in [1.82, 2.24) is 0 Å². The molecular formula is C3H10N. The topological polar surface area (TPSA) is 26.0 Å². The second-order valence-electron chi connectivity index (χ2n) is 0.408. The molecule has 1 radical (unpaired) electrons. The standard InChI is InChI=1S/C2H7N.CH3/c1-2-3;/h2-3H2,1H3;1H3. The van der Waals surface area contributed by atoms with Crippen LogP contribution in [-0.4, -0.2) is 6.54 Å². The Labute approximate surface area is 27.8 Å². The van der Waals surface area contributed by atoms with Gasteiger partial charge in [-0.05, 0) is 6.54 Å². The Kier molecular flexibility index (Phi) is 27.9. The molecule has 0 unspecified atom stereocenters. The SMILES string of the molecule is CCN.[CH3]. The van der Waals surface area contributed by atoms with Gasteiger partial charge in [-0.3, -0.25) is 0 Å². The maximum Gasteiger partial charge on any atom is -0.0106 e. The Morgan fingerprint density at radius 2 is 1.75 bits per heavy atom. The Balaban J connectivity index is 0. The Morgan fingerprint density at radius 3 is 1.75 bits per heavy atom. The molecule has 0 bridgehead atoms. The molecule has 0 aliphatic carbocycles. The van der Waals surface area contributed by atoms with Crippen molar-refractivity contribution in [1.29, 1.82) is 0 Å². The van der Waals surface area contributed by atoms with E-state index in [1.807, 2.05) is 6.92 Å². The van der Waals surface area contributed by atoms with Crippen molar-refractivity contribution in [3.8, 4) is 0 Å². The Morgan fingerprint density at radius 1 is 1.75 bits per heavy atom. The monoisotopic (exact) mass is 60.1 g/mol. The molecule has 0 aromatic rings. The maximum atomic E-state index is 4.85. The van der Waals surface area contributed by atoms with Crippen LogP contribution >= 0.6 is 0 Å². The van der Waals surface area contributed by atoms with Crippen LogP contribution < -0.4 is 5.73 Å². The van der Waals surface area contributed by atoms with Crippen molar-refractivity contribution >= 4 is 0 Å². The van der Waals surface area contributed by atoms with Gasteiger partial charge in [-0.2, -0.15) is 0 Å². The van der Waals surface area contributed by atoms with Crippen molar-refractivity contribution in [3.05, 3.63) is 7.43 Å². The fourth-order valence-electron chi connectivity index (χ4n) is 0. The minimum absolute atomic E-state index is 0. The highest BCUT2D eigenvalue weighted by molar-refractivity contribution is 4.00. The van der Waals surface area contributed by atoms with Crippen LogP contribution in [0.4, 0.5) is 0 Å². The fraction of sp³-hybridized carbons (Fsp3) is 0.667. The zero-order valence-corrected chi connectivity index (χ0v) is 3.28. The summed E-state index contributed by atoms with van der Waals surface area (Å²) >= 11 is 0. The molecule has 0 heterocycles. The van der Waals surface area contributed by atoms with Crippen LogP contribution in [0.3, 0.4) is 0 Å². The summed E-state index contributed by atoms with van der Waals surface area (Å²) in [7, 11) is 0. The molecule has 0 rings (SSSR count). The second kappa shape index (κ2) is 12.3. The van der Waals surface area contributed by atoms with Gasteiger partial charge in [0.1, 0.15) is 0 Å². The molecule has 0 spiro atoms. The molecule has 0 aliphatic rings. The van der Waals surface area contributed by atoms with E-state index < -0.39 is 0 Å². The first-order chi connectivity index (χ1) is 1.41. The van der Waals surface area contributed by atoms with E-state index in [1.165, 1.54) is 0 Å². The van der Waals surface area contributed by atoms with Crippen molar-refractivity contribution in [2.24, 2.45) is 5.73 Å². The lowest BCUT2D eigenvalue weighted by Gasteiger charge is -1.53. The molecule has 0 aromatic carbocycles. The zero-order valence-electron chi connectivity index (χ0n) is 3.28. The van der Waals surface area contributed by atoms with E-state index in [0.717, 1.165) is 6.54 Å². The molecule has 0 fully saturated rings. The number of nitrogens with two attached hydrogens (primary N) is 1. The minimum atomic E-state index is 0. The number of rotatable bonds is 0. The van der Waals surface area contributed by atoms with E-state index in [4.69, 9.17) is 5.73 Å². The molecule has 0 saturated carbocycles. The van der Waals surface area contributed by atoms with Crippen molar-refractivity contribution < 1.29 is 0 Å². The Hall–Kier alpha value is -0.0400. The first kappa shape index (κ1) is 9.03. The predicted octanol–water partition coefficient (Wildman–Crippen LogP) is 0.415. The van der Waals surface area contributed by atoms with Gasteiger partial charge in [0.2, 0.25) is 0 Å². The van der Waals surface area contributed by atoms with E-state index in [2.05, 4.69) is 0 Å². The molecule has 27 valence electrons. The van der Waals surface area contributed by atoms with Crippen LogP contribution in [0.1, 0.15) is 6.92 Å². The van der Waals surface area contributed by atoms with Crippen molar-refractivity contribution in [2.45, 2.75) is 6.92 Å². The number of hydrogen-bond acceptors (Lipinski definition) is 1. The highest BCUT2D eigenvalue weighted by atomic mass is 14.5. The van der Waals surface area contributed by atoms with Crippen LogP contribution in [0.25, 0.3) is 0 Å².